The highest BCUT2D eigenvalue weighted by atomic mass is 16.2. The van der Waals surface area contributed by atoms with Crippen molar-refractivity contribution in [2.45, 2.75) is 70.3 Å². The van der Waals surface area contributed by atoms with Gasteiger partial charge in [-0.3, -0.25) is 4.79 Å². The molecular weight excluding hydrogens is 236 g/mol. The first-order valence-electron chi connectivity index (χ1n) is 8.14. The van der Waals surface area contributed by atoms with E-state index < -0.39 is 0 Å². The zero-order chi connectivity index (χ0) is 13.7. The first-order valence-corrected chi connectivity index (χ1v) is 8.14. The number of nitrogens with zero attached hydrogens (tertiary/aromatic N) is 1. The second kappa shape index (κ2) is 7.28. The van der Waals surface area contributed by atoms with Crippen molar-refractivity contribution >= 4 is 5.91 Å². The normalized spacial score (nSPS) is 28.5. The number of nitrogens with two attached hydrogens (primary N) is 1. The van der Waals surface area contributed by atoms with Gasteiger partial charge in [0.2, 0.25) is 5.91 Å². The maximum atomic E-state index is 12.1. The second-order valence-corrected chi connectivity index (χ2v) is 6.74. The molecule has 0 radical (unpaired) electrons. The van der Waals surface area contributed by atoms with Crippen LogP contribution in [0.2, 0.25) is 0 Å². The van der Waals surface area contributed by atoms with Gasteiger partial charge in [-0.15, -0.1) is 0 Å². The van der Waals surface area contributed by atoms with Crippen molar-refractivity contribution in [3.05, 3.63) is 0 Å². The Morgan fingerprint density at radius 1 is 1.05 bits per heavy atom. The number of carbonyl (C=O) groups excluding carboxylic acids is 1. The summed E-state index contributed by atoms with van der Waals surface area (Å²) < 4.78 is 0. The number of rotatable bonds is 5. The topological polar surface area (TPSA) is 46.3 Å². The summed E-state index contributed by atoms with van der Waals surface area (Å²) in [5, 5.41) is 0. The second-order valence-electron chi connectivity index (χ2n) is 6.74. The fourth-order valence-corrected chi connectivity index (χ4v) is 3.68. The van der Waals surface area contributed by atoms with Crippen molar-refractivity contribution < 1.29 is 4.79 Å². The van der Waals surface area contributed by atoms with Gasteiger partial charge < -0.3 is 10.6 Å². The Bertz CT molecular complexity index is 278. The largest absolute Gasteiger partial charge is 0.345 e. The van der Waals surface area contributed by atoms with Crippen molar-refractivity contribution in [1.29, 1.82) is 0 Å². The lowest BCUT2D eigenvalue weighted by molar-refractivity contribution is -0.130. The Hall–Kier alpha value is -0.570. The van der Waals surface area contributed by atoms with Gasteiger partial charge in [0.25, 0.3) is 0 Å². The lowest BCUT2D eigenvalue weighted by atomic mass is 9.84. The minimum Gasteiger partial charge on any atom is -0.345 e. The van der Waals surface area contributed by atoms with Crippen LogP contribution in [0.15, 0.2) is 0 Å². The molecule has 1 amide bonds. The minimum absolute atomic E-state index is 0.349. The van der Waals surface area contributed by atoms with Crippen molar-refractivity contribution in [3.8, 4) is 0 Å². The molecule has 2 N–H and O–H groups in total. The number of hydrogen-bond acceptors (Lipinski definition) is 2. The first kappa shape index (κ1) is 14.8. The van der Waals surface area contributed by atoms with E-state index in [1.165, 1.54) is 38.5 Å². The zero-order valence-corrected chi connectivity index (χ0v) is 12.4. The molecule has 0 spiro atoms. The summed E-state index contributed by atoms with van der Waals surface area (Å²) in [6, 6.07) is 0.414. The highest BCUT2D eigenvalue weighted by Gasteiger charge is 2.22. The van der Waals surface area contributed by atoms with Crippen LogP contribution in [0.25, 0.3) is 0 Å². The minimum atomic E-state index is 0.349. The highest BCUT2D eigenvalue weighted by Crippen LogP contribution is 2.28. The van der Waals surface area contributed by atoms with Crippen LogP contribution in [-0.4, -0.2) is 30.4 Å². The van der Waals surface area contributed by atoms with Crippen LogP contribution in [0.3, 0.4) is 0 Å². The van der Waals surface area contributed by atoms with Gasteiger partial charge in [0.15, 0.2) is 0 Å². The van der Waals surface area contributed by atoms with E-state index in [0.29, 0.717) is 11.9 Å². The Kier molecular flexibility index (Phi) is 5.68. The summed E-state index contributed by atoms with van der Waals surface area (Å²) in [7, 11) is 1.98. The zero-order valence-electron chi connectivity index (χ0n) is 12.4. The molecule has 0 aromatic carbocycles. The van der Waals surface area contributed by atoms with E-state index >= 15 is 0 Å². The molecule has 0 aromatic heterocycles. The van der Waals surface area contributed by atoms with E-state index in [9.17, 15) is 4.79 Å². The van der Waals surface area contributed by atoms with E-state index in [-0.39, 0.29) is 0 Å². The summed E-state index contributed by atoms with van der Waals surface area (Å²) in [4.78, 5) is 14.1. The average molecular weight is 266 g/mol. The molecule has 0 saturated heterocycles. The first-order chi connectivity index (χ1) is 9.15. The van der Waals surface area contributed by atoms with Crippen molar-refractivity contribution in [3.63, 3.8) is 0 Å². The molecule has 2 aliphatic carbocycles. The lowest BCUT2D eigenvalue weighted by Crippen LogP contribution is -2.32. The molecule has 0 bridgehead atoms. The fraction of sp³-hybridized carbons (Fsp3) is 0.938. The van der Waals surface area contributed by atoms with Gasteiger partial charge in [0, 0.05) is 26.1 Å². The molecule has 3 nitrogen and oxygen atoms in total. The molecule has 2 aliphatic rings. The lowest BCUT2D eigenvalue weighted by Gasteiger charge is -2.27. The Morgan fingerprint density at radius 2 is 1.68 bits per heavy atom. The molecule has 19 heavy (non-hydrogen) atoms. The van der Waals surface area contributed by atoms with Crippen LogP contribution in [0, 0.1) is 11.8 Å². The van der Waals surface area contributed by atoms with Gasteiger partial charge in [-0.2, -0.15) is 0 Å². The van der Waals surface area contributed by atoms with Gasteiger partial charge in [-0.05, 0) is 56.8 Å². The molecule has 3 heteroatoms. The van der Waals surface area contributed by atoms with E-state index in [1.54, 1.807) is 0 Å². The van der Waals surface area contributed by atoms with Crippen molar-refractivity contribution in [2.75, 3.05) is 13.6 Å². The molecule has 2 saturated carbocycles. The molecule has 0 atom stereocenters. The quantitative estimate of drug-likeness (QED) is 0.831. The smallest absolute Gasteiger partial charge is 0.222 e. The average Bonchev–Trinajstić information content (AvgIpc) is 2.90. The summed E-state index contributed by atoms with van der Waals surface area (Å²) in [6.07, 6.45) is 11.9. The third kappa shape index (κ3) is 4.79. The van der Waals surface area contributed by atoms with Crippen LogP contribution < -0.4 is 5.73 Å². The van der Waals surface area contributed by atoms with Gasteiger partial charge in [0.1, 0.15) is 0 Å². The summed E-state index contributed by atoms with van der Waals surface area (Å²) in [6.45, 7) is 0.981. The Labute approximate surface area is 117 Å². The molecule has 2 rings (SSSR count). The summed E-state index contributed by atoms with van der Waals surface area (Å²) in [5.74, 6) is 1.85. The standard InChI is InChI=1S/C16H30N2O/c1-18(12-14-4-2-3-5-14)16(19)11-8-13-6-9-15(17)10-7-13/h13-15H,2-12,17H2,1H3. The third-order valence-electron chi connectivity index (χ3n) is 5.09. The van der Waals surface area contributed by atoms with Crippen LogP contribution in [0.5, 0.6) is 0 Å². The maximum Gasteiger partial charge on any atom is 0.222 e. The number of amides is 1. The van der Waals surface area contributed by atoms with Crippen LogP contribution in [-0.2, 0) is 4.79 Å². The van der Waals surface area contributed by atoms with Gasteiger partial charge in [-0.1, -0.05) is 12.8 Å². The highest BCUT2D eigenvalue weighted by molar-refractivity contribution is 5.75. The van der Waals surface area contributed by atoms with E-state index in [1.807, 2.05) is 11.9 Å². The Balaban J connectivity index is 1.62. The molecule has 2 fully saturated rings. The van der Waals surface area contributed by atoms with E-state index in [2.05, 4.69) is 0 Å². The third-order valence-corrected chi connectivity index (χ3v) is 5.09. The molecule has 0 aromatic rings. The number of carbonyl (C=O) groups is 1. The Morgan fingerprint density at radius 3 is 2.32 bits per heavy atom. The van der Waals surface area contributed by atoms with Gasteiger partial charge >= 0.3 is 0 Å². The van der Waals surface area contributed by atoms with Crippen LogP contribution in [0.1, 0.15) is 64.2 Å². The molecule has 0 unspecified atom stereocenters. The number of hydrogen-bond donors (Lipinski definition) is 1. The van der Waals surface area contributed by atoms with E-state index in [0.717, 1.165) is 44.1 Å². The summed E-state index contributed by atoms with van der Waals surface area (Å²) >= 11 is 0. The molecule has 0 aliphatic heterocycles. The van der Waals surface area contributed by atoms with Crippen LogP contribution >= 0.6 is 0 Å². The predicted octanol–water partition coefficient (Wildman–Crippen LogP) is 2.93. The maximum absolute atomic E-state index is 12.1. The molecule has 110 valence electrons. The van der Waals surface area contributed by atoms with Gasteiger partial charge in [0.05, 0.1) is 0 Å². The molecular formula is C16H30N2O. The summed E-state index contributed by atoms with van der Waals surface area (Å²) in [5.41, 5.74) is 5.92. The van der Waals surface area contributed by atoms with Crippen LogP contribution in [0.4, 0.5) is 0 Å². The monoisotopic (exact) mass is 266 g/mol. The van der Waals surface area contributed by atoms with Crippen molar-refractivity contribution in [1.82, 2.24) is 4.90 Å². The predicted molar refractivity (Wildman–Crippen MR) is 78.8 cm³/mol. The fourth-order valence-electron chi connectivity index (χ4n) is 3.68. The molecule has 0 heterocycles. The van der Waals surface area contributed by atoms with E-state index in [4.69, 9.17) is 5.73 Å². The van der Waals surface area contributed by atoms with Crippen molar-refractivity contribution in [2.24, 2.45) is 17.6 Å². The SMILES string of the molecule is CN(CC1CCCC1)C(=O)CCC1CCC(N)CC1. The van der Waals surface area contributed by atoms with Gasteiger partial charge in [-0.25, -0.2) is 0 Å².